The van der Waals surface area contributed by atoms with Crippen molar-refractivity contribution >= 4 is 0 Å². The van der Waals surface area contributed by atoms with Crippen molar-refractivity contribution in [1.29, 1.82) is 0 Å². The van der Waals surface area contributed by atoms with E-state index in [1.807, 2.05) is 0 Å². The predicted molar refractivity (Wildman–Crippen MR) is 56.6 cm³/mol. The van der Waals surface area contributed by atoms with Crippen molar-refractivity contribution in [3.63, 3.8) is 0 Å². The van der Waals surface area contributed by atoms with Crippen LogP contribution in [-0.2, 0) is 0 Å². The number of rotatable bonds is 2. The average Bonchev–Trinajstić information content (AvgIpc) is 2.60. The summed E-state index contributed by atoms with van der Waals surface area (Å²) in [6.45, 7) is 5.78. The van der Waals surface area contributed by atoms with Gasteiger partial charge in [-0.3, -0.25) is 0 Å². The molecule has 1 aliphatic carbocycles. The van der Waals surface area contributed by atoms with Crippen molar-refractivity contribution in [2.24, 2.45) is 11.8 Å². The summed E-state index contributed by atoms with van der Waals surface area (Å²) >= 11 is 0. The van der Waals surface area contributed by atoms with Gasteiger partial charge in [0.25, 0.3) is 0 Å². The lowest BCUT2D eigenvalue weighted by atomic mass is 9.79. The van der Waals surface area contributed by atoms with Crippen LogP contribution in [0.5, 0.6) is 0 Å². The van der Waals surface area contributed by atoms with E-state index in [0.29, 0.717) is 6.04 Å². The molecule has 0 saturated carbocycles. The van der Waals surface area contributed by atoms with Gasteiger partial charge < -0.3 is 5.32 Å². The fourth-order valence-electron chi connectivity index (χ4n) is 2.72. The van der Waals surface area contributed by atoms with Gasteiger partial charge in [0.1, 0.15) is 0 Å². The summed E-state index contributed by atoms with van der Waals surface area (Å²) < 4.78 is 0. The summed E-state index contributed by atoms with van der Waals surface area (Å²) in [5.74, 6) is 1.65. The van der Waals surface area contributed by atoms with Crippen LogP contribution in [0.1, 0.15) is 26.7 Å². The predicted octanol–water partition coefficient (Wildman–Crippen LogP) is 2.51. The van der Waals surface area contributed by atoms with Gasteiger partial charge in [0, 0.05) is 12.0 Å². The first-order valence-electron chi connectivity index (χ1n) is 5.47. The fourth-order valence-corrected chi connectivity index (χ4v) is 2.72. The lowest BCUT2D eigenvalue weighted by molar-refractivity contribution is 0.424. The van der Waals surface area contributed by atoms with Crippen LogP contribution in [0.2, 0.25) is 0 Å². The lowest BCUT2D eigenvalue weighted by Crippen LogP contribution is -2.27. The highest BCUT2D eigenvalue weighted by molar-refractivity contribution is 5.28. The Morgan fingerprint density at radius 2 is 2.31 bits per heavy atom. The molecule has 72 valence electrons. The molecule has 3 unspecified atom stereocenters. The number of allylic oxidation sites excluding steroid dienone is 2. The number of nitrogens with one attached hydrogen (secondary N) is 1. The van der Waals surface area contributed by atoms with Crippen LogP contribution < -0.4 is 5.32 Å². The Hall–Kier alpha value is -0.560. The molecule has 2 rings (SSSR count). The molecule has 0 bridgehead atoms. The molecule has 0 aromatic heterocycles. The lowest BCUT2D eigenvalue weighted by Gasteiger charge is -2.26. The molecule has 0 spiro atoms. The van der Waals surface area contributed by atoms with Crippen LogP contribution >= 0.6 is 0 Å². The molecule has 1 heterocycles. The van der Waals surface area contributed by atoms with E-state index in [-0.39, 0.29) is 0 Å². The summed E-state index contributed by atoms with van der Waals surface area (Å²) in [5.41, 5.74) is 1.64. The van der Waals surface area contributed by atoms with E-state index in [1.54, 1.807) is 5.57 Å². The summed E-state index contributed by atoms with van der Waals surface area (Å²) in [6, 6.07) is 0.630. The quantitative estimate of drug-likeness (QED) is 0.683. The zero-order valence-corrected chi connectivity index (χ0v) is 8.59. The third-order valence-electron chi connectivity index (χ3n) is 3.50. The maximum Gasteiger partial charge on any atom is 0.0322 e. The number of hydrogen-bond acceptors (Lipinski definition) is 1. The van der Waals surface area contributed by atoms with E-state index < -0.39 is 0 Å². The number of hydrogen-bond donors (Lipinski definition) is 1. The normalized spacial score (nSPS) is 37.4. The van der Waals surface area contributed by atoms with E-state index in [1.165, 1.54) is 19.4 Å². The summed E-state index contributed by atoms with van der Waals surface area (Å²) in [4.78, 5) is 0. The van der Waals surface area contributed by atoms with Crippen molar-refractivity contribution < 1.29 is 0 Å². The van der Waals surface area contributed by atoms with Crippen LogP contribution in [0.15, 0.2) is 23.8 Å². The Bertz CT molecular complexity index is 240. The third kappa shape index (κ3) is 1.46. The molecule has 0 aromatic carbocycles. The maximum atomic E-state index is 3.60. The van der Waals surface area contributed by atoms with Crippen LogP contribution in [-0.4, -0.2) is 12.6 Å². The van der Waals surface area contributed by atoms with Crippen LogP contribution in [0.4, 0.5) is 0 Å². The summed E-state index contributed by atoms with van der Waals surface area (Å²) in [6.07, 6.45) is 9.37. The highest BCUT2D eigenvalue weighted by Gasteiger charge is 2.35. The molecule has 1 nitrogen and oxygen atoms in total. The maximum absolute atomic E-state index is 3.60. The molecule has 1 aliphatic heterocycles. The first-order chi connectivity index (χ1) is 6.36. The van der Waals surface area contributed by atoms with Gasteiger partial charge in [0.05, 0.1) is 0 Å². The van der Waals surface area contributed by atoms with Gasteiger partial charge in [-0.25, -0.2) is 0 Å². The van der Waals surface area contributed by atoms with Crippen molar-refractivity contribution in [2.45, 2.75) is 32.7 Å². The molecular weight excluding hydrogens is 158 g/mol. The van der Waals surface area contributed by atoms with E-state index in [2.05, 4.69) is 37.4 Å². The molecule has 1 saturated heterocycles. The van der Waals surface area contributed by atoms with Crippen molar-refractivity contribution in [3.05, 3.63) is 23.8 Å². The summed E-state index contributed by atoms with van der Waals surface area (Å²) in [5, 5.41) is 3.60. The van der Waals surface area contributed by atoms with E-state index in [9.17, 15) is 0 Å². The molecule has 1 fully saturated rings. The van der Waals surface area contributed by atoms with E-state index in [0.717, 1.165) is 11.8 Å². The van der Waals surface area contributed by atoms with Gasteiger partial charge in [0.15, 0.2) is 0 Å². The minimum atomic E-state index is 0.630. The second-order valence-corrected chi connectivity index (χ2v) is 4.11. The third-order valence-corrected chi connectivity index (χ3v) is 3.50. The molecule has 2 aliphatic rings. The van der Waals surface area contributed by atoms with Gasteiger partial charge in [0.2, 0.25) is 0 Å². The Morgan fingerprint density at radius 3 is 3.00 bits per heavy atom. The largest absolute Gasteiger partial charge is 0.310 e. The SMILES string of the molecule is CCC1=CC=CC2NCC(CC)C12. The van der Waals surface area contributed by atoms with Crippen LogP contribution in [0, 0.1) is 11.8 Å². The molecule has 0 radical (unpaired) electrons. The monoisotopic (exact) mass is 177 g/mol. The Labute approximate surface area is 80.9 Å². The Balaban J connectivity index is 2.20. The first-order valence-corrected chi connectivity index (χ1v) is 5.47. The highest BCUT2D eigenvalue weighted by atomic mass is 15.0. The average molecular weight is 177 g/mol. The molecule has 1 N–H and O–H groups in total. The van der Waals surface area contributed by atoms with Gasteiger partial charge in [-0.2, -0.15) is 0 Å². The van der Waals surface area contributed by atoms with Crippen molar-refractivity contribution in [1.82, 2.24) is 5.32 Å². The minimum Gasteiger partial charge on any atom is -0.310 e. The Kier molecular flexibility index (Phi) is 2.54. The second kappa shape index (κ2) is 3.67. The van der Waals surface area contributed by atoms with Crippen LogP contribution in [0.3, 0.4) is 0 Å². The highest BCUT2D eigenvalue weighted by Crippen LogP contribution is 2.35. The molecular formula is C12H19N. The van der Waals surface area contributed by atoms with Gasteiger partial charge in [-0.15, -0.1) is 0 Å². The molecule has 3 atom stereocenters. The molecule has 0 amide bonds. The van der Waals surface area contributed by atoms with Gasteiger partial charge in [-0.05, 0) is 18.9 Å². The topological polar surface area (TPSA) is 12.0 Å². The van der Waals surface area contributed by atoms with Crippen LogP contribution in [0.25, 0.3) is 0 Å². The first kappa shape index (κ1) is 9.01. The van der Waals surface area contributed by atoms with Gasteiger partial charge in [-0.1, -0.05) is 44.1 Å². The Morgan fingerprint density at radius 1 is 1.46 bits per heavy atom. The zero-order valence-electron chi connectivity index (χ0n) is 8.59. The van der Waals surface area contributed by atoms with Gasteiger partial charge >= 0.3 is 0 Å². The van der Waals surface area contributed by atoms with Crippen molar-refractivity contribution in [3.8, 4) is 0 Å². The minimum absolute atomic E-state index is 0.630. The fraction of sp³-hybridized carbons (Fsp3) is 0.667. The zero-order chi connectivity index (χ0) is 9.26. The van der Waals surface area contributed by atoms with E-state index in [4.69, 9.17) is 0 Å². The number of fused-ring (bicyclic) bond motifs is 1. The molecule has 1 heteroatoms. The standard InChI is InChI=1S/C12H19N/c1-3-9-6-5-7-11-12(9)10(4-2)8-13-11/h5-7,10-13H,3-4,8H2,1-2H3. The smallest absolute Gasteiger partial charge is 0.0322 e. The molecule has 13 heavy (non-hydrogen) atoms. The summed E-state index contributed by atoms with van der Waals surface area (Å²) in [7, 11) is 0. The van der Waals surface area contributed by atoms with Crippen molar-refractivity contribution in [2.75, 3.05) is 6.54 Å². The van der Waals surface area contributed by atoms with E-state index >= 15 is 0 Å². The molecule has 0 aromatic rings. The second-order valence-electron chi connectivity index (χ2n) is 4.11.